The zero-order valence-electron chi connectivity index (χ0n) is 15.1. The molecule has 13 heteroatoms. The number of urea groups is 1. The molecule has 2 bridgehead atoms. The largest absolute Gasteiger partial charge is 0.437 e. The lowest BCUT2D eigenvalue weighted by Gasteiger charge is -2.29. The average Bonchev–Trinajstić information content (AvgIpc) is 2.84. The molecule has 0 unspecified atom stereocenters. The Morgan fingerprint density at radius 2 is 2.00 bits per heavy atom. The highest BCUT2D eigenvalue weighted by Gasteiger charge is 2.49. The van der Waals surface area contributed by atoms with Gasteiger partial charge in [0.25, 0.3) is 0 Å². The minimum Gasteiger partial charge on any atom is -0.437 e. The summed E-state index contributed by atoms with van der Waals surface area (Å²) in [5.74, 6) is -0.393. The van der Waals surface area contributed by atoms with Gasteiger partial charge in [-0.15, -0.1) is 4.28 Å². The van der Waals surface area contributed by atoms with E-state index in [1.165, 1.54) is 4.90 Å². The Hall–Kier alpha value is -2.19. The Bertz CT molecular complexity index is 848. The van der Waals surface area contributed by atoms with E-state index in [9.17, 15) is 23.0 Å². The van der Waals surface area contributed by atoms with Gasteiger partial charge < -0.3 is 20.5 Å². The standard InChI is InChI=1S/C15H21BN4O7S/c1-16(23)17-8-10-2-4-11(5-3-10)18-14(21)13-7-6-12-9-19(13)15(22)20(12)27-28(24,25)26/h2-5,12-13,17,23H,6-9H2,1H3,(H,18,21)(H,24,25,26)/t12-,13+/m1/s1. The van der Waals surface area contributed by atoms with Gasteiger partial charge in [0.2, 0.25) is 5.91 Å². The van der Waals surface area contributed by atoms with E-state index in [0.717, 1.165) is 5.56 Å². The van der Waals surface area contributed by atoms with E-state index >= 15 is 0 Å². The molecule has 1 aromatic carbocycles. The number of piperidine rings is 1. The van der Waals surface area contributed by atoms with Gasteiger partial charge in [-0.3, -0.25) is 9.35 Å². The molecule has 0 spiro atoms. The summed E-state index contributed by atoms with van der Waals surface area (Å²) in [6.07, 6.45) is 0.698. The number of hydroxylamine groups is 2. The third kappa shape index (κ3) is 4.80. The minimum atomic E-state index is -4.82. The molecule has 2 heterocycles. The maximum Gasteiger partial charge on any atom is 0.418 e. The lowest BCUT2D eigenvalue weighted by atomic mass is 9.88. The molecule has 3 rings (SSSR count). The van der Waals surface area contributed by atoms with Crippen LogP contribution in [0.3, 0.4) is 0 Å². The molecule has 0 aliphatic carbocycles. The summed E-state index contributed by atoms with van der Waals surface area (Å²) in [5.41, 5.74) is 1.47. The van der Waals surface area contributed by atoms with Crippen molar-refractivity contribution in [1.29, 1.82) is 0 Å². The number of hydrogen-bond acceptors (Lipinski definition) is 7. The number of rotatable bonds is 7. The minimum absolute atomic E-state index is 0.135. The third-order valence-corrected chi connectivity index (χ3v) is 4.97. The molecular formula is C15H21BN4O7S. The highest BCUT2D eigenvalue weighted by Crippen LogP contribution is 2.31. The molecule has 11 nitrogen and oxygen atoms in total. The van der Waals surface area contributed by atoms with E-state index in [4.69, 9.17) is 4.55 Å². The molecule has 3 amide bonds. The zero-order valence-corrected chi connectivity index (χ0v) is 15.9. The van der Waals surface area contributed by atoms with Crippen molar-refractivity contribution in [3.63, 3.8) is 0 Å². The van der Waals surface area contributed by atoms with Crippen LogP contribution in [0.5, 0.6) is 0 Å². The second-order valence-electron chi connectivity index (χ2n) is 6.75. The van der Waals surface area contributed by atoms with Gasteiger partial charge in [0.15, 0.2) is 0 Å². The van der Waals surface area contributed by atoms with Gasteiger partial charge in [-0.05, 0) is 37.4 Å². The first kappa shape index (κ1) is 20.5. The Labute approximate surface area is 162 Å². The fraction of sp³-hybridized carbons (Fsp3) is 0.467. The van der Waals surface area contributed by atoms with Gasteiger partial charge in [-0.2, -0.15) is 13.5 Å². The van der Waals surface area contributed by atoms with Crippen molar-refractivity contribution in [3.8, 4) is 0 Å². The summed E-state index contributed by atoms with van der Waals surface area (Å²) < 4.78 is 35.0. The molecule has 2 saturated heterocycles. The van der Waals surface area contributed by atoms with Crippen molar-refractivity contribution in [2.75, 3.05) is 11.9 Å². The second kappa shape index (κ2) is 8.05. The van der Waals surface area contributed by atoms with Crippen molar-refractivity contribution in [2.24, 2.45) is 0 Å². The van der Waals surface area contributed by atoms with Gasteiger partial charge >= 0.3 is 23.5 Å². The topological polar surface area (TPSA) is 149 Å². The molecule has 152 valence electrons. The molecule has 2 atom stereocenters. The summed E-state index contributed by atoms with van der Waals surface area (Å²) in [6, 6.07) is 4.92. The van der Waals surface area contributed by atoms with Crippen LogP contribution in [0.4, 0.5) is 10.5 Å². The average molecular weight is 412 g/mol. The van der Waals surface area contributed by atoms with Gasteiger partial charge in [-0.1, -0.05) is 12.1 Å². The van der Waals surface area contributed by atoms with Crippen LogP contribution in [0.1, 0.15) is 18.4 Å². The van der Waals surface area contributed by atoms with E-state index in [0.29, 0.717) is 30.1 Å². The Morgan fingerprint density at radius 3 is 2.61 bits per heavy atom. The molecule has 2 aliphatic rings. The van der Waals surface area contributed by atoms with Crippen molar-refractivity contribution in [2.45, 2.75) is 38.3 Å². The van der Waals surface area contributed by atoms with Crippen LogP contribution in [0.2, 0.25) is 6.82 Å². The number of fused-ring (bicyclic) bond motifs is 2. The van der Waals surface area contributed by atoms with Crippen molar-refractivity contribution < 1.29 is 31.9 Å². The molecule has 0 aromatic heterocycles. The lowest BCUT2D eigenvalue weighted by Crippen LogP contribution is -2.47. The first-order valence-electron chi connectivity index (χ1n) is 8.72. The molecular weight excluding hydrogens is 391 g/mol. The van der Waals surface area contributed by atoms with Crippen LogP contribution in [0, 0.1) is 0 Å². The Morgan fingerprint density at radius 1 is 1.32 bits per heavy atom. The van der Waals surface area contributed by atoms with Crippen LogP contribution in [0.25, 0.3) is 0 Å². The fourth-order valence-corrected chi connectivity index (χ4v) is 3.69. The van der Waals surface area contributed by atoms with Crippen molar-refractivity contribution >= 4 is 35.1 Å². The Balaban J connectivity index is 1.62. The fourth-order valence-electron chi connectivity index (χ4n) is 3.30. The summed E-state index contributed by atoms with van der Waals surface area (Å²) >= 11 is 0. The predicted octanol–water partition coefficient (Wildman–Crippen LogP) is -0.172. The number of hydrogen-bond donors (Lipinski definition) is 4. The van der Waals surface area contributed by atoms with E-state index in [1.807, 2.05) is 0 Å². The third-order valence-electron chi connectivity index (χ3n) is 4.62. The van der Waals surface area contributed by atoms with Crippen LogP contribution in [-0.4, -0.2) is 65.6 Å². The number of carbonyl (C=O) groups excluding carboxylic acids is 2. The SMILES string of the molecule is CB(O)NCc1ccc(NC(=O)[C@@H]2CC[C@@H]3CN2C(=O)N3OS(=O)(=O)O)cc1. The zero-order chi connectivity index (χ0) is 20.5. The highest BCUT2D eigenvalue weighted by atomic mass is 32.3. The highest BCUT2D eigenvalue weighted by molar-refractivity contribution is 7.80. The smallest absolute Gasteiger partial charge is 0.418 e. The summed E-state index contributed by atoms with van der Waals surface area (Å²) in [5, 5.41) is 15.4. The van der Waals surface area contributed by atoms with Crippen LogP contribution < -0.4 is 10.5 Å². The van der Waals surface area contributed by atoms with Crippen LogP contribution in [-0.2, 0) is 26.0 Å². The van der Waals surface area contributed by atoms with Crippen molar-refractivity contribution in [3.05, 3.63) is 29.8 Å². The van der Waals surface area contributed by atoms with Gasteiger partial charge in [0, 0.05) is 18.8 Å². The number of anilines is 1. The number of nitrogens with one attached hydrogen (secondary N) is 2. The first-order chi connectivity index (χ1) is 13.1. The van der Waals surface area contributed by atoms with E-state index < -0.39 is 41.5 Å². The summed E-state index contributed by atoms with van der Waals surface area (Å²) in [4.78, 5) is 26.2. The lowest BCUT2D eigenvalue weighted by molar-refractivity contribution is -0.120. The summed E-state index contributed by atoms with van der Waals surface area (Å²) in [7, 11) is -5.45. The van der Waals surface area contributed by atoms with Gasteiger partial charge in [0.05, 0.1) is 6.04 Å². The normalized spacial score (nSPS) is 21.8. The first-order valence-corrected chi connectivity index (χ1v) is 10.1. The van der Waals surface area contributed by atoms with Crippen LogP contribution >= 0.6 is 0 Å². The maximum absolute atomic E-state index is 12.6. The van der Waals surface area contributed by atoms with E-state index in [-0.39, 0.29) is 6.54 Å². The summed E-state index contributed by atoms with van der Waals surface area (Å²) in [6.45, 7) is 2.23. The number of nitrogens with zero attached hydrogens (tertiary/aromatic N) is 2. The molecule has 4 N–H and O–H groups in total. The number of benzene rings is 1. The van der Waals surface area contributed by atoms with E-state index in [2.05, 4.69) is 14.8 Å². The molecule has 0 radical (unpaired) electrons. The molecule has 2 fully saturated rings. The van der Waals surface area contributed by atoms with E-state index in [1.54, 1.807) is 31.1 Å². The van der Waals surface area contributed by atoms with Gasteiger partial charge in [-0.25, -0.2) is 4.79 Å². The molecule has 2 aliphatic heterocycles. The Kier molecular flexibility index (Phi) is 5.91. The molecule has 28 heavy (non-hydrogen) atoms. The predicted molar refractivity (Wildman–Crippen MR) is 99.1 cm³/mol. The maximum atomic E-state index is 12.6. The molecule has 0 saturated carbocycles. The number of carbonyl (C=O) groups is 2. The van der Waals surface area contributed by atoms with Crippen molar-refractivity contribution in [1.82, 2.24) is 15.2 Å². The number of amides is 3. The van der Waals surface area contributed by atoms with Gasteiger partial charge in [0.1, 0.15) is 6.04 Å². The quantitative estimate of drug-likeness (QED) is 0.356. The molecule has 1 aromatic rings. The van der Waals surface area contributed by atoms with Crippen LogP contribution in [0.15, 0.2) is 24.3 Å². The second-order valence-corrected chi connectivity index (χ2v) is 7.76. The monoisotopic (exact) mass is 412 g/mol.